The van der Waals surface area contributed by atoms with Gasteiger partial charge in [-0.1, -0.05) is 45.3 Å². The lowest BCUT2D eigenvalue weighted by Crippen LogP contribution is -2.62. The minimum atomic E-state index is -0.604. The Balaban J connectivity index is 1.45. The fourth-order valence-electron chi connectivity index (χ4n) is 11.4. The third-order valence-electron chi connectivity index (χ3n) is 14.6. The van der Waals surface area contributed by atoms with E-state index in [1.54, 1.807) is 7.11 Å². The summed E-state index contributed by atoms with van der Waals surface area (Å²) in [7, 11) is 1.67. The van der Waals surface area contributed by atoms with Gasteiger partial charge in [0.15, 0.2) is 18.1 Å². The molecule has 2 aromatic carbocycles. The molecule has 3 aromatic rings. The van der Waals surface area contributed by atoms with E-state index in [0.29, 0.717) is 0 Å². The lowest BCUT2D eigenvalue weighted by molar-refractivity contribution is -0.180. The summed E-state index contributed by atoms with van der Waals surface area (Å²) in [6.07, 6.45) is 16.5. The highest BCUT2D eigenvalue weighted by molar-refractivity contribution is 5.87. The first kappa shape index (κ1) is 36.8. The smallest absolute Gasteiger partial charge is 0.312 e. The molecule has 0 saturated heterocycles. The number of esters is 3. The molecule has 0 radical (unpaired) electrons. The number of terminal acetylenes is 1. The molecule has 1 aromatic heterocycles. The number of hydrogen-bond acceptors (Lipinski definition) is 7. The Hall–Kier alpha value is -4.51. The fraction of sp³-hybridized carbons (Fsp3) is 0.533. The largest absolute Gasteiger partial charge is 0.497 e. The molecular weight excluding hydrogens is 666 g/mol. The van der Waals surface area contributed by atoms with Gasteiger partial charge in [0.05, 0.1) is 12.5 Å². The highest BCUT2D eigenvalue weighted by atomic mass is 16.6. The first-order chi connectivity index (χ1) is 24.9. The summed E-state index contributed by atoms with van der Waals surface area (Å²) in [4.78, 5) is 42.1. The Morgan fingerprint density at radius 1 is 0.943 bits per heavy atom. The number of rotatable bonds is 6. The maximum Gasteiger partial charge on any atom is 0.312 e. The molecule has 4 aliphatic rings. The molecule has 3 saturated carbocycles. The Kier molecular flexibility index (Phi) is 8.71. The first-order valence-corrected chi connectivity index (χ1v) is 19.0. The van der Waals surface area contributed by atoms with Crippen molar-refractivity contribution in [1.82, 2.24) is 4.98 Å². The van der Waals surface area contributed by atoms with Crippen molar-refractivity contribution in [3.63, 3.8) is 0 Å². The molecule has 0 unspecified atom stereocenters. The molecule has 8 heteroatoms. The van der Waals surface area contributed by atoms with Crippen LogP contribution in [0.2, 0.25) is 0 Å². The van der Waals surface area contributed by atoms with Crippen molar-refractivity contribution in [1.29, 1.82) is 0 Å². The maximum absolute atomic E-state index is 13.6. The van der Waals surface area contributed by atoms with Crippen LogP contribution in [0.5, 0.6) is 17.2 Å². The third kappa shape index (κ3) is 5.43. The monoisotopic (exact) mass is 719 g/mol. The third-order valence-corrected chi connectivity index (χ3v) is 14.6. The van der Waals surface area contributed by atoms with Crippen molar-refractivity contribution in [3.05, 3.63) is 64.4 Å². The zero-order valence-electron chi connectivity index (χ0n) is 32.7. The second-order valence-electron chi connectivity index (χ2n) is 17.5. The summed E-state index contributed by atoms with van der Waals surface area (Å²) < 4.78 is 22.8. The Bertz CT molecular complexity index is 2120. The summed E-state index contributed by atoms with van der Waals surface area (Å²) >= 11 is 0. The molecular formula is C45H53NO7. The molecule has 0 aliphatic heterocycles. The van der Waals surface area contributed by atoms with Gasteiger partial charge >= 0.3 is 17.9 Å². The number of nitrogens with one attached hydrogen (secondary N) is 1. The Labute approximate surface area is 313 Å². The minimum Gasteiger partial charge on any atom is -0.497 e. The molecule has 7 atom stereocenters. The summed E-state index contributed by atoms with van der Waals surface area (Å²) in [6, 6.07) is 8.06. The van der Waals surface area contributed by atoms with Gasteiger partial charge in [-0.05, 0) is 116 Å². The SMILES string of the molecule is C#CCOC(=O)[C@]1(C)CC[C@]2(C)CC[C@]3(C)C4=C[C@@H](c5c[nH]c6cc(OC)ccc56)c5c(cc(OC(C)=O)c(OC(C)=O)c5C)[C@]4(C)CC[C@@]3(C)[C@@H]2C1. The van der Waals surface area contributed by atoms with Crippen LogP contribution in [0.25, 0.3) is 10.9 Å². The molecule has 1 heterocycles. The minimum absolute atomic E-state index is 0.00802. The van der Waals surface area contributed by atoms with E-state index in [2.05, 4.69) is 63.9 Å². The number of fused-ring (bicyclic) bond motifs is 8. The number of H-pyrrole nitrogens is 1. The standard InChI is InChI=1S/C45H53NO7/c1-11-20-51-40(49)42(6)15-14-41(5)16-18-44(8)36-22-31(32-25-46-34-21-29(50-10)12-13-30(32)34)38-26(2)39(53-28(4)48)35(52-27(3)47)23-33(38)43(36,7)17-19-45(44,9)37(41)24-42/h1,12-13,21-23,25,31,37,46H,14-20,24H2,2-10H3/t31-,37+,41+,42+,43-,44+,45-/m0/s1. The summed E-state index contributed by atoms with van der Waals surface area (Å²) in [5, 5.41) is 1.08. The topological polar surface area (TPSA) is 104 Å². The van der Waals surface area contributed by atoms with Gasteiger partial charge in [0.1, 0.15) is 5.75 Å². The molecule has 53 heavy (non-hydrogen) atoms. The molecule has 4 aliphatic carbocycles. The van der Waals surface area contributed by atoms with E-state index in [0.717, 1.165) is 83.9 Å². The van der Waals surface area contributed by atoms with E-state index in [9.17, 15) is 14.4 Å². The van der Waals surface area contributed by atoms with E-state index >= 15 is 0 Å². The van der Waals surface area contributed by atoms with Crippen molar-refractivity contribution >= 4 is 28.8 Å². The number of carbonyl (C=O) groups is 3. The average molecular weight is 720 g/mol. The molecule has 280 valence electrons. The van der Waals surface area contributed by atoms with Crippen LogP contribution in [0, 0.1) is 46.8 Å². The number of allylic oxidation sites excluding steroid dienone is 2. The normalized spacial score (nSPS) is 32.9. The average Bonchev–Trinajstić information content (AvgIpc) is 3.53. The number of methoxy groups -OCH3 is 1. The lowest BCUT2D eigenvalue weighted by Gasteiger charge is -2.70. The van der Waals surface area contributed by atoms with Gasteiger partial charge in [0.25, 0.3) is 0 Å². The number of benzene rings is 2. The van der Waals surface area contributed by atoms with E-state index in [-0.39, 0.29) is 52.2 Å². The second-order valence-corrected chi connectivity index (χ2v) is 17.5. The molecule has 0 bridgehead atoms. The number of hydrogen-bond donors (Lipinski definition) is 1. The van der Waals surface area contributed by atoms with Crippen LogP contribution >= 0.6 is 0 Å². The van der Waals surface area contributed by atoms with Crippen molar-refractivity contribution in [2.75, 3.05) is 13.7 Å². The highest BCUT2D eigenvalue weighted by Crippen LogP contribution is 2.75. The Morgan fingerprint density at radius 2 is 1.66 bits per heavy atom. The van der Waals surface area contributed by atoms with E-state index < -0.39 is 22.8 Å². The van der Waals surface area contributed by atoms with Gasteiger partial charge in [-0.3, -0.25) is 14.4 Å². The van der Waals surface area contributed by atoms with Gasteiger partial charge in [0, 0.05) is 53.9 Å². The zero-order chi connectivity index (χ0) is 38.3. The molecule has 0 spiro atoms. The van der Waals surface area contributed by atoms with Crippen molar-refractivity contribution < 1.29 is 33.3 Å². The summed E-state index contributed by atoms with van der Waals surface area (Å²) in [5.41, 5.74) is 5.13. The van der Waals surface area contributed by atoms with Crippen LogP contribution in [0.1, 0.15) is 122 Å². The van der Waals surface area contributed by atoms with Crippen LogP contribution in [0.15, 0.2) is 42.1 Å². The van der Waals surface area contributed by atoms with E-state index in [4.69, 9.17) is 25.4 Å². The van der Waals surface area contributed by atoms with E-state index in [1.807, 2.05) is 25.1 Å². The quantitative estimate of drug-likeness (QED) is 0.117. The van der Waals surface area contributed by atoms with Crippen LogP contribution in [-0.2, 0) is 24.5 Å². The highest BCUT2D eigenvalue weighted by Gasteiger charge is 2.67. The van der Waals surface area contributed by atoms with Crippen molar-refractivity contribution in [2.24, 2.45) is 27.6 Å². The predicted octanol–water partition coefficient (Wildman–Crippen LogP) is 9.25. The first-order valence-electron chi connectivity index (χ1n) is 19.0. The van der Waals surface area contributed by atoms with Crippen molar-refractivity contribution in [2.45, 2.75) is 112 Å². The predicted molar refractivity (Wildman–Crippen MR) is 204 cm³/mol. The van der Waals surface area contributed by atoms with Gasteiger partial charge in [-0.25, -0.2) is 0 Å². The maximum atomic E-state index is 13.6. The molecule has 3 fully saturated rings. The van der Waals surface area contributed by atoms with Gasteiger partial charge in [0.2, 0.25) is 0 Å². The van der Waals surface area contributed by atoms with Gasteiger partial charge in [-0.2, -0.15) is 0 Å². The molecule has 7 rings (SSSR count). The number of aromatic nitrogens is 1. The lowest BCUT2D eigenvalue weighted by atomic mass is 9.34. The summed E-state index contributed by atoms with van der Waals surface area (Å²) in [6.45, 7) is 16.5. The zero-order valence-corrected chi connectivity index (χ0v) is 32.7. The number of carbonyl (C=O) groups excluding carboxylic acids is 3. The van der Waals surface area contributed by atoms with E-state index in [1.165, 1.54) is 19.4 Å². The molecule has 8 nitrogen and oxygen atoms in total. The van der Waals surface area contributed by atoms with Crippen LogP contribution in [-0.4, -0.2) is 36.6 Å². The van der Waals surface area contributed by atoms with Gasteiger partial charge < -0.3 is 23.9 Å². The van der Waals surface area contributed by atoms with Crippen LogP contribution < -0.4 is 14.2 Å². The number of aromatic amines is 1. The fourth-order valence-corrected chi connectivity index (χ4v) is 11.4. The van der Waals surface area contributed by atoms with Gasteiger partial charge in [-0.15, -0.1) is 6.42 Å². The molecule has 0 amide bonds. The summed E-state index contributed by atoms with van der Waals surface area (Å²) in [5.74, 6) is 2.71. The second kappa shape index (κ2) is 12.5. The Morgan fingerprint density at radius 3 is 2.34 bits per heavy atom. The molecule has 1 N–H and O–H groups in total. The van der Waals surface area contributed by atoms with Crippen LogP contribution in [0.3, 0.4) is 0 Å². The van der Waals surface area contributed by atoms with Crippen molar-refractivity contribution in [3.8, 4) is 29.6 Å². The van der Waals surface area contributed by atoms with Crippen LogP contribution in [0.4, 0.5) is 0 Å². The number of ether oxygens (including phenoxy) is 4.